The van der Waals surface area contributed by atoms with Gasteiger partial charge in [0.2, 0.25) is 0 Å². The van der Waals surface area contributed by atoms with Gasteiger partial charge in [0.15, 0.2) is 11.5 Å². The van der Waals surface area contributed by atoms with Crippen molar-refractivity contribution in [3.63, 3.8) is 0 Å². The summed E-state index contributed by atoms with van der Waals surface area (Å²) in [6, 6.07) is 7.17. The van der Waals surface area contributed by atoms with Gasteiger partial charge in [0.1, 0.15) is 6.10 Å². The molecule has 1 aromatic carbocycles. The highest BCUT2D eigenvalue weighted by molar-refractivity contribution is 5.46. The van der Waals surface area contributed by atoms with Crippen LogP contribution in [0.25, 0.3) is 0 Å². The van der Waals surface area contributed by atoms with Crippen molar-refractivity contribution in [1.82, 2.24) is 0 Å². The SMILES string of the molecule is COc1cc(C#N)ccc1OC(CN)C(C)(C)C. The van der Waals surface area contributed by atoms with Gasteiger partial charge >= 0.3 is 0 Å². The fourth-order valence-corrected chi connectivity index (χ4v) is 1.57. The molecule has 1 aromatic rings. The van der Waals surface area contributed by atoms with Crippen LogP contribution in [0.1, 0.15) is 26.3 Å². The van der Waals surface area contributed by atoms with Crippen LogP contribution in [-0.2, 0) is 0 Å². The molecule has 0 aromatic heterocycles. The van der Waals surface area contributed by atoms with E-state index in [-0.39, 0.29) is 11.5 Å². The van der Waals surface area contributed by atoms with E-state index in [0.29, 0.717) is 23.6 Å². The average Bonchev–Trinajstić information content (AvgIpc) is 2.34. The second-order valence-corrected chi connectivity index (χ2v) is 5.19. The Morgan fingerprint density at radius 3 is 2.44 bits per heavy atom. The van der Waals surface area contributed by atoms with Crippen molar-refractivity contribution in [3.05, 3.63) is 23.8 Å². The van der Waals surface area contributed by atoms with Gasteiger partial charge in [-0.1, -0.05) is 20.8 Å². The third kappa shape index (κ3) is 3.38. The van der Waals surface area contributed by atoms with Gasteiger partial charge in [-0.2, -0.15) is 5.26 Å². The predicted octanol–water partition coefficient (Wildman–Crippen LogP) is 2.32. The molecule has 0 aliphatic carbocycles. The summed E-state index contributed by atoms with van der Waals surface area (Å²) in [5.41, 5.74) is 6.22. The van der Waals surface area contributed by atoms with Gasteiger partial charge in [0.25, 0.3) is 0 Å². The topological polar surface area (TPSA) is 68.3 Å². The first-order valence-corrected chi connectivity index (χ1v) is 5.87. The number of methoxy groups -OCH3 is 1. The number of hydrogen-bond donors (Lipinski definition) is 1. The van der Waals surface area contributed by atoms with Crippen molar-refractivity contribution in [2.45, 2.75) is 26.9 Å². The Labute approximate surface area is 108 Å². The molecular formula is C14H20N2O2. The Hall–Kier alpha value is -1.73. The van der Waals surface area contributed by atoms with Crippen LogP contribution in [0.4, 0.5) is 0 Å². The fourth-order valence-electron chi connectivity index (χ4n) is 1.57. The first-order chi connectivity index (χ1) is 8.42. The largest absolute Gasteiger partial charge is 0.493 e. The molecule has 0 radical (unpaired) electrons. The number of hydrogen-bond acceptors (Lipinski definition) is 4. The van der Waals surface area contributed by atoms with Crippen LogP contribution in [0.2, 0.25) is 0 Å². The highest BCUT2D eigenvalue weighted by Gasteiger charge is 2.26. The molecule has 0 fully saturated rings. The standard InChI is InChI=1S/C14H20N2O2/c1-14(2,3)13(9-16)18-11-6-5-10(8-15)7-12(11)17-4/h5-7,13H,9,16H2,1-4H3. The van der Waals surface area contributed by atoms with Gasteiger partial charge in [-0.25, -0.2) is 0 Å². The third-order valence-corrected chi connectivity index (χ3v) is 2.74. The van der Waals surface area contributed by atoms with E-state index in [9.17, 15) is 0 Å². The summed E-state index contributed by atoms with van der Waals surface area (Å²) < 4.78 is 11.1. The number of ether oxygens (including phenoxy) is 2. The lowest BCUT2D eigenvalue weighted by atomic mass is 9.89. The Kier molecular flexibility index (Phi) is 4.57. The maximum Gasteiger partial charge on any atom is 0.162 e. The third-order valence-electron chi connectivity index (χ3n) is 2.74. The Bertz CT molecular complexity index is 444. The lowest BCUT2D eigenvalue weighted by Gasteiger charge is -2.30. The van der Waals surface area contributed by atoms with Crippen LogP contribution in [0.5, 0.6) is 11.5 Å². The summed E-state index contributed by atoms with van der Waals surface area (Å²) in [4.78, 5) is 0. The molecule has 0 saturated carbocycles. The molecule has 1 unspecified atom stereocenters. The molecule has 18 heavy (non-hydrogen) atoms. The van der Waals surface area contributed by atoms with Crippen LogP contribution < -0.4 is 15.2 Å². The summed E-state index contributed by atoms with van der Waals surface area (Å²) >= 11 is 0. The van der Waals surface area contributed by atoms with Crippen molar-refractivity contribution in [3.8, 4) is 17.6 Å². The highest BCUT2D eigenvalue weighted by Crippen LogP contribution is 2.32. The van der Waals surface area contributed by atoms with Gasteiger partial charge < -0.3 is 15.2 Å². The minimum atomic E-state index is -0.112. The van der Waals surface area contributed by atoms with Crippen LogP contribution >= 0.6 is 0 Å². The van der Waals surface area contributed by atoms with Crippen molar-refractivity contribution in [1.29, 1.82) is 5.26 Å². The molecular weight excluding hydrogens is 228 g/mol. The lowest BCUT2D eigenvalue weighted by Crippen LogP contribution is -2.38. The van der Waals surface area contributed by atoms with E-state index < -0.39 is 0 Å². The second kappa shape index (κ2) is 5.74. The zero-order valence-corrected chi connectivity index (χ0v) is 11.4. The summed E-state index contributed by atoms with van der Waals surface area (Å²) in [6.45, 7) is 6.63. The minimum Gasteiger partial charge on any atom is -0.493 e. The number of rotatable bonds is 4. The minimum absolute atomic E-state index is 0.0618. The maximum absolute atomic E-state index is 8.84. The predicted molar refractivity (Wildman–Crippen MR) is 70.6 cm³/mol. The Morgan fingerprint density at radius 1 is 1.33 bits per heavy atom. The van der Waals surface area contributed by atoms with Crippen LogP contribution in [-0.4, -0.2) is 19.8 Å². The zero-order valence-electron chi connectivity index (χ0n) is 11.4. The number of nitrogens with two attached hydrogens (primary N) is 1. The van der Waals surface area contributed by atoms with E-state index in [1.807, 2.05) is 0 Å². The zero-order chi connectivity index (χ0) is 13.8. The molecule has 0 aliphatic rings. The maximum atomic E-state index is 8.84. The first kappa shape index (κ1) is 14.3. The molecule has 0 heterocycles. The van der Waals surface area contributed by atoms with Gasteiger partial charge in [-0.3, -0.25) is 0 Å². The molecule has 0 bridgehead atoms. The summed E-state index contributed by atoms with van der Waals surface area (Å²) in [7, 11) is 1.55. The summed E-state index contributed by atoms with van der Waals surface area (Å²) in [5, 5.41) is 8.84. The van der Waals surface area contributed by atoms with Crippen molar-refractivity contribution < 1.29 is 9.47 Å². The molecule has 0 amide bonds. The van der Waals surface area contributed by atoms with E-state index in [0.717, 1.165) is 0 Å². The van der Waals surface area contributed by atoms with Gasteiger partial charge in [-0.05, 0) is 12.1 Å². The van der Waals surface area contributed by atoms with Gasteiger partial charge in [0.05, 0.1) is 18.7 Å². The summed E-state index contributed by atoms with van der Waals surface area (Å²) in [6.07, 6.45) is -0.112. The first-order valence-electron chi connectivity index (χ1n) is 5.87. The number of nitriles is 1. The van der Waals surface area contributed by atoms with Gasteiger partial charge in [0, 0.05) is 18.0 Å². The quantitative estimate of drug-likeness (QED) is 0.887. The Balaban J connectivity index is 3.00. The molecule has 1 rings (SSSR count). The van der Waals surface area contributed by atoms with E-state index >= 15 is 0 Å². The normalized spacial score (nSPS) is 12.7. The lowest BCUT2D eigenvalue weighted by molar-refractivity contribution is 0.0909. The van der Waals surface area contributed by atoms with Crippen LogP contribution in [0, 0.1) is 16.7 Å². The highest BCUT2D eigenvalue weighted by atomic mass is 16.5. The van der Waals surface area contributed by atoms with E-state index in [1.165, 1.54) is 0 Å². The molecule has 0 spiro atoms. The summed E-state index contributed by atoms with van der Waals surface area (Å²) in [5.74, 6) is 1.17. The van der Waals surface area contributed by atoms with Crippen molar-refractivity contribution in [2.24, 2.45) is 11.1 Å². The number of benzene rings is 1. The average molecular weight is 248 g/mol. The monoisotopic (exact) mass is 248 g/mol. The van der Waals surface area contributed by atoms with Crippen molar-refractivity contribution >= 4 is 0 Å². The molecule has 2 N–H and O–H groups in total. The smallest absolute Gasteiger partial charge is 0.162 e. The number of nitrogens with zero attached hydrogens (tertiary/aromatic N) is 1. The van der Waals surface area contributed by atoms with Crippen LogP contribution in [0.3, 0.4) is 0 Å². The molecule has 98 valence electrons. The molecule has 4 nitrogen and oxygen atoms in total. The second-order valence-electron chi connectivity index (χ2n) is 5.19. The van der Waals surface area contributed by atoms with Crippen LogP contribution in [0.15, 0.2) is 18.2 Å². The van der Waals surface area contributed by atoms with Crippen molar-refractivity contribution in [2.75, 3.05) is 13.7 Å². The Morgan fingerprint density at radius 2 is 2.00 bits per heavy atom. The molecule has 0 aliphatic heterocycles. The van der Waals surface area contributed by atoms with Gasteiger partial charge in [-0.15, -0.1) is 0 Å². The molecule has 0 saturated heterocycles. The van der Waals surface area contributed by atoms with E-state index in [4.69, 9.17) is 20.5 Å². The fraction of sp³-hybridized carbons (Fsp3) is 0.500. The van der Waals surface area contributed by atoms with E-state index in [2.05, 4.69) is 26.8 Å². The molecule has 1 atom stereocenters. The molecule has 4 heteroatoms. The van der Waals surface area contributed by atoms with E-state index in [1.54, 1.807) is 25.3 Å².